The number of para-hydroxylation sites is 1. The van der Waals surface area contributed by atoms with Crippen LogP contribution >= 0.6 is 0 Å². The molecule has 2 N–H and O–H groups in total. The van der Waals surface area contributed by atoms with Gasteiger partial charge in [-0.05, 0) is 62.8 Å². The molecule has 1 aromatic heterocycles. The number of aromatic amines is 1. The molecule has 0 saturated carbocycles. The number of H-pyrrole nitrogens is 1. The molecule has 148 valence electrons. The summed E-state index contributed by atoms with van der Waals surface area (Å²) in [7, 11) is 0. The number of fused-ring (bicyclic) bond motifs is 1. The van der Waals surface area contributed by atoms with Crippen molar-refractivity contribution in [1.82, 2.24) is 9.88 Å². The van der Waals surface area contributed by atoms with Crippen molar-refractivity contribution in [3.63, 3.8) is 0 Å². The highest BCUT2D eigenvalue weighted by Crippen LogP contribution is 2.26. The number of hydrogen-bond acceptors (Lipinski definition) is 4. The lowest BCUT2D eigenvalue weighted by Crippen LogP contribution is -2.24. The summed E-state index contributed by atoms with van der Waals surface area (Å²) in [5, 5.41) is 11.0. The van der Waals surface area contributed by atoms with Gasteiger partial charge < -0.3 is 19.7 Å². The van der Waals surface area contributed by atoms with Crippen molar-refractivity contribution in [3.8, 4) is 11.6 Å². The zero-order valence-electron chi connectivity index (χ0n) is 16.7. The average Bonchev–Trinajstić information content (AvgIpc) is 3.05. The summed E-state index contributed by atoms with van der Waals surface area (Å²) in [4.78, 5) is 9.87. The number of unbranched alkanes of at least 4 members (excludes halogenated alkanes) is 1. The molecule has 0 atom stereocenters. The molecule has 0 bridgehead atoms. The molecule has 0 aliphatic carbocycles. The zero-order chi connectivity index (χ0) is 19.8. The number of benzene rings is 2. The Labute approximate surface area is 166 Å². The second-order valence-corrected chi connectivity index (χ2v) is 6.77. The lowest BCUT2D eigenvalue weighted by Gasteiger charge is -2.17. The van der Waals surface area contributed by atoms with E-state index in [0.29, 0.717) is 5.56 Å². The minimum absolute atomic E-state index is 0.134. The van der Waals surface area contributed by atoms with Crippen LogP contribution < -0.4 is 4.74 Å². The highest BCUT2D eigenvalue weighted by Gasteiger charge is 2.07. The fourth-order valence-corrected chi connectivity index (χ4v) is 3.21. The molecule has 0 amide bonds. The Bertz CT molecular complexity index is 896. The van der Waals surface area contributed by atoms with Crippen molar-refractivity contribution in [2.24, 2.45) is 4.99 Å². The molecule has 5 nitrogen and oxygen atoms in total. The van der Waals surface area contributed by atoms with Gasteiger partial charge in [-0.25, -0.2) is 0 Å². The monoisotopic (exact) mass is 379 g/mol. The van der Waals surface area contributed by atoms with Crippen LogP contribution in [0.5, 0.6) is 11.6 Å². The lowest BCUT2D eigenvalue weighted by molar-refractivity contribution is 0.266. The first-order chi connectivity index (χ1) is 13.7. The molecule has 0 unspecified atom stereocenters. The minimum atomic E-state index is 0.134. The van der Waals surface area contributed by atoms with Crippen LogP contribution in [0.25, 0.3) is 10.9 Å². The predicted octanol–water partition coefficient (Wildman–Crippen LogP) is 5.12. The molecular formula is C23H29N3O2. The summed E-state index contributed by atoms with van der Waals surface area (Å²) in [5.74, 6) is 0.992. The molecule has 3 aromatic rings. The van der Waals surface area contributed by atoms with E-state index in [9.17, 15) is 5.11 Å². The van der Waals surface area contributed by atoms with Gasteiger partial charge in [-0.2, -0.15) is 0 Å². The Morgan fingerprint density at radius 2 is 1.79 bits per heavy atom. The van der Waals surface area contributed by atoms with Crippen LogP contribution in [0.2, 0.25) is 0 Å². The first-order valence-corrected chi connectivity index (χ1v) is 10.00. The van der Waals surface area contributed by atoms with Crippen LogP contribution in [0.4, 0.5) is 5.69 Å². The highest BCUT2D eigenvalue weighted by molar-refractivity contribution is 6.02. The third-order valence-corrected chi connectivity index (χ3v) is 4.94. The molecule has 0 aliphatic heterocycles. The number of aliphatic imine (C=N–C) groups is 1. The summed E-state index contributed by atoms with van der Waals surface area (Å²) in [5.41, 5.74) is 2.41. The Morgan fingerprint density at radius 3 is 2.54 bits per heavy atom. The number of nitrogens with one attached hydrogen (secondary N) is 1. The summed E-state index contributed by atoms with van der Waals surface area (Å²) in [6.45, 7) is 8.47. The quantitative estimate of drug-likeness (QED) is 0.379. The number of rotatable bonds is 10. The summed E-state index contributed by atoms with van der Waals surface area (Å²) >= 11 is 0. The molecule has 28 heavy (non-hydrogen) atoms. The summed E-state index contributed by atoms with van der Waals surface area (Å²) < 4.78 is 5.82. The molecule has 1 heterocycles. The number of nitrogens with zero attached hydrogens (tertiary/aromatic N) is 2. The second-order valence-electron chi connectivity index (χ2n) is 6.77. The van der Waals surface area contributed by atoms with Gasteiger partial charge in [0.2, 0.25) is 0 Å². The van der Waals surface area contributed by atoms with E-state index >= 15 is 0 Å². The molecular weight excluding hydrogens is 350 g/mol. The molecule has 0 fully saturated rings. The standard InChI is InChI=1S/C23H29N3O2/c1-3-26(4-2)15-7-8-16-28-19-13-11-18(12-14-19)24-17-21-20-9-5-6-10-22(20)25-23(21)27/h5-6,9-14,17,25,27H,3-4,7-8,15-16H2,1-2H3. The molecule has 5 heteroatoms. The Kier molecular flexibility index (Phi) is 7.09. The van der Waals surface area contributed by atoms with E-state index in [1.165, 1.54) is 0 Å². The maximum absolute atomic E-state index is 10.1. The van der Waals surface area contributed by atoms with Gasteiger partial charge in [0.05, 0.1) is 17.9 Å². The van der Waals surface area contributed by atoms with Gasteiger partial charge in [0, 0.05) is 17.1 Å². The van der Waals surface area contributed by atoms with Gasteiger partial charge in [0.1, 0.15) is 5.75 Å². The van der Waals surface area contributed by atoms with Gasteiger partial charge in [-0.3, -0.25) is 4.99 Å². The van der Waals surface area contributed by atoms with Crippen molar-refractivity contribution in [2.45, 2.75) is 26.7 Å². The fraction of sp³-hybridized carbons (Fsp3) is 0.348. The Hall–Kier alpha value is -2.79. The molecule has 0 radical (unpaired) electrons. The Balaban J connectivity index is 1.52. The number of aromatic nitrogens is 1. The van der Waals surface area contributed by atoms with E-state index in [-0.39, 0.29) is 5.88 Å². The molecule has 2 aromatic carbocycles. The minimum Gasteiger partial charge on any atom is -0.494 e. The first kappa shape index (κ1) is 20.0. The lowest BCUT2D eigenvalue weighted by atomic mass is 10.2. The van der Waals surface area contributed by atoms with Crippen LogP contribution in [0.1, 0.15) is 32.3 Å². The maximum atomic E-state index is 10.1. The highest BCUT2D eigenvalue weighted by atomic mass is 16.5. The van der Waals surface area contributed by atoms with Crippen molar-refractivity contribution in [3.05, 3.63) is 54.1 Å². The third kappa shape index (κ3) is 5.14. The molecule has 0 spiro atoms. The summed E-state index contributed by atoms with van der Waals surface area (Å²) in [6, 6.07) is 15.5. The predicted molar refractivity (Wildman–Crippen MR) is 116 cm³/mol. The van der Waals surface area contributed by atoms with Crippen molar-refractivity contribution < 1.29 is 9.84 Å². The van der Waals surface area contributed by atoms with Gasteiger partial charge in [0.15, 0.2) is 5.88 Å². The van der Waals surface area contributed by atoms with Crippen molar-refractivity contribution in [1.29, 1.82) is 0 Å². The maximum Gasteiger partial charge on any atom is 0.198 e. The third-order valence-electron chi connectivity index (χ3n) is 4.94. The van der Waals surface area contributed by atoms with Crippen LogP contribution in [0.15, 0.2) is 53.5 Å². The van der Waals surface area contributed by atoms with Crippen molar-refractivity contribution in [2.75, 3.05) is 26.2 Å². The average molecular weight is 380 g/mol. The number of hydrogen-bond donors (Lipinski definition) is 2. The van der Waals surface area contributed by atoms with Gasteiger partial charge in [0.25, 0.3) is 0 Å². The second kappa shape index (κ2) is 9.95. The van der Waals surface area contributed by atoms with E-state index in [2.05, 4.69) is 28.7 Å². The SMILES string of the molecule is CCN(CC)CCCCOc1ccc(N=Cc2c(O)[nH]c3ccccc23)cc1. The van der Waals surface area contributed by atoms with E-state index in [0.717, 1.165) is 61.4 Å². The van der Waals surface area contributed by atoms with E-state index in [1.54, 1.807) is 6.21 Å². The van der Waals surface area contributed by atoms with Gasteiger partial charge in [-0.1, -0.05) is 32.0 Å². The molecule has 3 rings (SSSR count). The van der Waals surface area contributed by atoms with Gasteiger partial charge in [-0.15, -0.1) is 0 Å². The normalized spacial score (nSPS) is 11.7. The van der Waals surface area contributed by atoms with E-state index in [1.807, 2.05) is 48.5 Å². The van der Waals surface area contributed by atoms with E-state index in [4.69, 9.17) is 4.74 Å². The van der Waals surface area contributed by atoms with Crippen LogP contribution in [-0.4, -0.2) is 47.4 Å². The van der Waals surface area contributed by atoms with Crippen LogP contribution in [-0.2, 0) is 0 Å². The largest absolute Gasteiger partial charge is 0.494 e. The van der Waals surface area contributed by atoms with Gasteiger partial charge >= 0.3 is 0 Å². The first-order valence-electron chi connectivity index (χ1n) is 10.00. The van der Waals surface area contributed by atoms with E-state index < -0.39 is 0 Å². The Morgan fingerprint density at radius 1 is 1.04 bits per heavy atom. The van der Waals surface area contributed by atoms with Crippen LogP contribution in [0, 0.1) is 0 Å². The van der Waals surface area contributed by atoms with Crippen molar-refractivity contribution >= 4 is 22.8 Å². The summed E-state index contributed by atoms with van der Waals surface area (Å²) in [6.07, 6.45) is 3.89. The topological polar surface area (TPSA) is 60.9 Å². The number of ether oxygens (including phenoxy) is 1. The van der Waals surface area contributed by atoms with Crippen LogP contribution in [0.3, 0.4) is 0 Å². The fourth-order valence-electron chi connectivity index (χ4n) is 3.21. The number of aromatic hydroxyl groups is 1. The zero-order valence-corrected chi connectivity index (χ0v) is 16.7. The smallest absolute Gasteiger partial charge is 0.198 e. The molecule has 0 aliphatic rings. The molecule has 0 saturated heterocycles.